The summed E-state index contributed by atoms with van der Waals surface area (Å²) in [7, 11) is 0. The van der Waals surface area contributed by atoms with E-state index in [0.29, 0.717) is 19.3 Å². The van der Waals surface area contributed by atoms with Gasteiger partial charge in [0, 0.05) is 23.2 Å². The van der Waals surface area contributed by atoms with Crippen LogP contribution in [0.15, 0.2) is 22.7 Å². The van der Waals surface area contributed by atoms with Crippen molar-refractivity contribution in [3.05, 3.63) is 33.8 Å². The van der Waals surface area contributed by atoms with Crippen molar-refractivity contribution in [2.24, 2.45) is 0 Å². The molecule has 0 aromatic heterocycles. The molecule has 3 heteroatoms. The van der Waals surface area contributed by atoms with Crippen LogP contribution in [0.1, 0.15) is 43.2 Å². The molecule has 1 aromatic rings. The van der Waals surface area contributed by atoms with E-state index in [-0.39, 0.29) is 17.5 Å². The molecule has 1 aliphatic carbocycles. The van der Waals surface area contributed by atoms with Crippen LogP contribution in [0.3, 0.4) is 0 Å². The van der Waals surface area contributed by atoms with Crippen LogP contribution in [0.2, 0.25) is 0 Å². The average Bonchev–Trinajstić information content (AvgIpc) is 2.28. The Morgan fingerprint density at radius 3 is 2.88 bits per heavy atom. The first-order valence-electron chi connectivity index (χ1n) is 5.89. The minimum absolute atomic E-state index is 0.0989. The Bertz CT molecular complexity index is 465. The third-order valence-corrected chi connectivity index (χ3v) is 4.00. The van der Waals surface area contributed by atoms with E-state index in [1.165, 1.54) is 5.56 Å². The largest absolute Gasteiger partial charge is 0.300 e. The van der Waals surface area contributed by atoms with Gasteiger partial charge in [0.25, 0.3) is 0 Å². The Morgan fingerprint density at radius 2 is 2.18 bits per heavy atom. The van der Waals surface area contributed by atoms with E-state index in [1.54, 1.807) is 6.92 Å². The quantitative estimate of drug-likeness (QED) is 0.856. The second kappa shape index (κ2) is 5.13. The van der Waals surface area contributed by atoms with Gasteiger partial charge in [-0.25, -0.2) is 0 Å². The highest BCUT2D eigenvalue weighted by molar-refractivity contribution is 9.10. The fourth-order valence-electron chi connectivity index (χ4n) is 2.44. The Labute approximate surface area is 110 Å². The van der Waals surface area contributed by atoms with Crippen molar-refractivity contribution >= 4 is 27.5 Å². The molecule has 0 bridgehead atoms. The van der Waals surface area contributed by atoms with E-state index in [2.05, 4.69) is 22.0 Å². The molecule has 0 spiro atoms. The molecule has 1 aliphatic rings. The van der Waals surface area contributed by atoms with E-state index in [9.17, 15) is 9.59 Å². The summed E-state index contributed by atoms with van der Waals surface area (Å²) in [6.07, 6.45) is 2.55. The number of ketones is 2. The van der Waals surface area contributed by atoms with Gasteiger partial charge in [0.1, 0.15) is 11.6 Å². The van der Waals surface area contributed by atoms with Crippen LogP contribution in [0.4, 0.5) is 0 Å². The molecule has 1 atom stereocenters. The average molecular weight is 295 g/mol. The van der Waals surface area contributed by atoms with Gasteiger partial charge in [-0.2, -0.15) is 0 Å². The fraction of sp³-hybridized carbons (Fsp3) is 0.429. The summed E-state index contributed by atoms with van der Waals surface area (Å²) in [6, 6.07) is 6.05. The molecule has 0 N–H and O–H groups in total. The third-order valence-electron chi connectivity index (χ3n) is 3.31. The van der Waals surface area contributed by atoms with Gasteiger partial charge in [0.15, 0.2) is 0 Å². The van der Waals surface area contributed by atoms with E-state index in [1.807, 2.05) is 12.1 Å². The zero-order valence-electron chi connectivity index (χ0n) is 9.83. The van der Waals surface area contributed by atoms with Crippen LogP contribution in [0, 0.1) is 0 Å². The van der Waals surface area contributed by atoms with Crippen LogP contribution in [-0.2, 0) is 16.0 Å². The fourth-order valence-corrected chi connectivity index (χ4v) is 3.12. The molecule has 90 valence electrons. The van der Waals surface area contributed by atoms with Crippen LogP contribution in [0.5, 0.6) is 0 Å². The lowest BCUT2D eigenvalue weighted by molar-refractivity contribution is -0.121. The van der Waals surface area contributed by atoms with Crippen LogP contribution < -0.4 is 0 Å². The number of Topliss-reactive ketones (excluding diaryl/α,β-unsaturated/α-hetero) is 2. The van der Waals surface area contributed by atoms with Gasteiger partial charge in [-0.1, -0.05) is 28.1 Å². The van der Waals surface area contributed by atoms with Gasteiger partial charge in [-0.3, -0.25) is 4.79 Å². The highest BCUT2D eigenvalue weighted by Crippen LogP contribution is 2.37. The summed E-state index contributed by atoms with van der Waals surface area (Å²) in [5.74, 6) is 0.320. The number of carbonyl (C=O) groups excluding carboxylic acids is 2. The van der Waals surface area contributed by atoms with Crippen LogP contribution in [-0.4, -0.2) is 11.6 Å². The minimum Gasteiger partial charge on any atom is -0.300 e. The van der Waals surface area contributed by atoms with Crippen molar-refractivity contribution in [3.8, 4) is 0 Å². The van der Waals surface area contributed by atoms with Gasteiger partial charge >= 0.3 is 0 Å². The molecule has 17 heavy (non-hydrogen) atoms. The summed E-state index contributed by atoms with van der Waals surface area (Å²) in [5, 5.41) is 0. The number of rotatable bonds is 3. The van der Waals surface area contributed by atoms with Crippen molar-refractivity contribution < 1.29 is 9.59 Å². The standard InChI is InChI=1S/C14H15BrO2/c1-9(16)5-7-11-13(17)8-6-10-3-2-4-12(15)14(10)11/h2-4,11H,5-8H2,1H3. The molecule has 0 saturated carbocycles. The van der Waals surface area contributed by atoms with E-state index in [0.717, 1.165) is 16.5 Å². The first kappa shape index (κ1) is 12.5. The number of aryl methyl sites for hydroxylation is 1. The zero-order valence-corrected chi connectivity index (χ0v) is 11.4. The lowest BCUT2D eigenvalue weighted by atomic mass is 9.79. The van der Waals surface area contributed by atoms with Crippen molar-refractivity contribution in [1.29, 1.82) is 0 Å². The van der Waals surface area contributed by atoms with Crippen molar-refractivity contribution in [3.63, 3.8) is 0 Å². The van der Waals surface area contributed by atoms with Crippen molar-refractivity contribution in [2.75, 3.05) is 0 Å². The molecule has 0 saturated heterocycles. The molecular weight excluding hydrogens is 280 g/mol. The Kier molecular flexibility index (Phi) is 3.77. The molecule has 2 rings (SSSR count). The normalized spacial score (nSPS) is 18.9. The molecule has 0 amide bonds. The summed E-state index contributed by atoms with van der Waals surface area (Å²) in [4.78, 5) is 23.1. The number of benzene rings is 1. The van der Waals surface area contributed by atoms with Gasteiger partial charge in [0.05, 0.1) is 0 Å². The van der Waals surface area contributed by atoms with Crippen molar-refractivity contribution in [2.45, 2.75) is 38.5 Å². The first-order valence-corrected chi connectivity index (χ1v) is 6.68. The SMILES string of the molecule is CC(=O)CCC1C(=O)CCc2cccc(Br)c21. The molecule has 1 unspecified atom stereocenters. The van der Waals surface area contributed by atoms with E-state index in [4.69, 9.17) is 0 Å². The predicted molar refractivity (Wildman–Crippen MR) is 70.1 cm³/mol. The number of fused-ring (bicyclic) bond motifs is 1. The van der Waals surface area contributed by atoms with Gasteiger partial charge in [-0.05, 0) is 37.0 Å². The molecule has 0 fully saturated rings. The second-order valence-corrected chi connectivity index (χ2v) is 5.43. The molecule has 0 radical (unpaired) electrons. The smallest absolute Gasteiger partial charge is 0.140 e. The predicted octanol–water partition coefficient (Wildman–Crippen LogP) is 3.42. The summed E-state index contributed by atoms with van der Waals surface area (Å²) < 4.78 is 0.997. The number of hydrogen-bond donors (Lipinski definition) is 0. The maximum atomic E-state index is 12.0. The molecular formula is C14H15BrO2. The van der Waals surface area contributed by atoms with Crippen LogP contribution >= 0.6 is 15.9 Å². The Balaban J connectivity index is 2.32. The molecule has 2 nitrogen and oxygen atoms in total. The third kappa shape index (κ3) is 2.65. The van der Waals surface area contributed by atoms with Gasteiger partial charge in [0.2, 0.25) is 0 Å². The second-order valence-electron chi connectivity index (χ2n) is 4.57. The molecule has 1 aromatic carbocycles. The summed E-state index contributed by atoms with van der Waals surface area (Å²) >= 11 is 3.52. The summed E-state index contributed by atoms with van der Waals surface area (Å²) in [6.45, 7) is 1.58. The van der Waals surface area contributed by atoms with E-state index >= 15 is 0 Å². The molecule has 0 aliphatic heterocycles. The topological polar surface area (TPSA) is 34.1 Å². The maximum Gasteiger partial charge on any atom is 0.140 e. The first-order chi connectivity index (χ1) is 8.09. The molecule has 0 heterocycles. The number of hydrogen-bond acceptors (Lipinski definition) is 2. The lowest BCUT2D eigenvalue weighted by Crippen LogP contribution is -2.21. The van der Waals surface area contributed by atoms with Crippen molar-refractivity contribution in [1.82, 2.24) is 0 Å². The minimum atomic E-state index is -0.0989. The zero-order chi connectivity index (χ0) is 12.4. The lowest BCUT2D eigenvalue weighted by Gasteiger charge is -2.25. The van der Waals surface area contributed by atoms with Gasteiger partial charge < -0.3 is 4.79 Å². The van der Waals surface area contributed by atoms with E-state index < -0.39 is 0 Å². The highest BCUT2D eigenvalue weighted by Gasteiger charge is 2.29. The van der Waals surface area contributed by atoms with Gasteiger partial charge in [-0.15, -0.1) is 0 Å². The monoisotopic (exact) mass is 294 g/mol. The number of halogens is 1. The Morgan fingerprint density at radius 1 is 1.41 bits per heavy atom. The summed E-state index contributed by atoms with van der Waals surface area (Å²) in [5.41, 5.74) is 2.34. The Hall–Kier alpha value is -0.960. The van der Waals surface area contributed by atoms with Crippen LogP contribution in [0.25, 0.3) is 0 Å². The maximum absolute atomic E-state index is 12.0. The number of carbonyl (C=O) groups is 2. The highest BCUT2D eigenvalue weighted by atomic mass is 79.9.